The third-order valence-electron chi connectivity index (χ3n) is 3.80. The molecule has 2 rings (SSSR count). The Hall–Kier alpha value is -0.690. The fourth-order valence-electron chi connectivity index (χ4n) is 2.55. The lowest BCUT2D eigenvalue weighted by molar-refractivity contribution is 0.502. The summed E-state index contributed by atoms with van der Waals surface area (Å²) in [5, 5.41) is 4.48. The van der Waals surface area contributed by atoms with Crippen LogP contribution in [0.25, 0.3) is 0 Å². The van der Waals surface area contributed by atoms with E-state index in [-0.39, 0.29) is 0 Å². The summed E-state index contributed by atoms with van der Waals surface area (Å²) in [4.78, 5) is 0. The third-order valence-corrected chi connectivity index (χ3v) is 4.21. The van der Waals surface area contributed by atoms with Crippen molar-refractivity contribution in [1.29, 1.82) is 0 Å². The number of aryl methyl sites for hydroxylation is 1. The fourth-order valence-corrected chi connectivity index (χ4v) is 2.73. The molecule has 0 heterocycles. The van der Waals surface area contributed by atoms with Crippen molar-refractivity contribution in [3.63, 3.8) is 0 Å². The van der Waals surface area contributed by atoms with Gasteiger partial charge in [-0.15, -0.1) is 0 Å². The van der Waals surface area contributed by atoms with Crippen LogP contribution in [0.4, 0.5) is 5.69 Å². The summed E-state index contributed by atoms with van der Waals surface area (Å²) in [6.45, 7) is 4.41. The van der Waals surface area contributed by atoms with E-state index in [0.29, 0.717) is 6.04 Å². The number of anilines is 1. The molecule has 0 saturated heterocycles. The standard InChI is InChI=1S/C15H22ClN/c1-11-4-3-5-13(8-6-11)17-14-9-7-12(2)15(16)10-14/h7,9-11,13,17H,3-6,8H2,1-2H3. The molecule has 2 unspecified atom stereocenters. The maximum absolute atomic E-state index is 6.15. The summed E-state index contributed by atoms with van der Waals surface area (Å²) < 4.78 is 0. The predicted molar refractivity (Wildman–Crippen MR) is 75.8 cm³/mol. The Labute approximate surface area is 110 Å². The van der Waals surface area contributed by atoms with Crippen molar-refractivity contribution in [2.75, 3.05) is 5.32 Å². The van der Waals surface area contributed by atoms with Gasteiger partial charge in [0.15, 0.2) is 0 Å². The van der Waals surface area contributed by atoms with Crippen molar-refractivity contribution in [3.05, 3.63) is 28.8 Å². The first-order valence-corrected chi connectivity index (χ1v) is 7.05. The first-order chi connectivity index (χ1) is 8.15. The van der Waals surface area contributed by atoms with Crippen molar-refractivity contribution < 1.29 is 0 Å². The molecule has 1 aliphatic rings. The molecule has 0 amide bonds. The van der Waals surface area contributed by atoms with E-state index < -0.39 is 0 Å². The minimum absolute atomic E-state index is 0.624. The van der Waals surface area contributed by atoms with Gasteiger partial charge in [0.05, 0.1) is 0 Å². The van der Waals surface area contributed by atoms with Gasteiger partial charge in [-0.2, -0.15) is 0 Å². The predicted octanol–water partition coefficient (Wildman–Crippen LogP) is 5.03. The molecule has 0 spiro atoms. The van der Waals surface area contributed by atoms with Gasteiger partial charge in [0.1, 0.15) is 0 Å². The van der Waals surface area contributed by atoms with Crippen molar-refractivity contribution in [3.8, 4) is 0 Å². The lowest BCUT2D eigenvalue weighted by Crippen LogP contribution is -2.18. The van der Waals surface area contributed by atoms with Gasteiger partial charge in [-0.1, -0.05) is 37.4 Å². The van der Waals surface area contributed by atoms with Gasteiger partial charge < -0.3 is 5.32 Å². The lowest BCUT2D eigenvalue weighted by Gasteiger charge is -2.18. The number of rotatable bonds is 2. The summed E-state index contributed by atoms with van der Waals surface area (Å²) in [5.74, 6) is 0.892. The van der Waals surface area contributed by atoms with Crippen LogP contribution in [0.15, 0.2) is 18.2 Å². The van der Waals surface area contributed by atoms with Gasteiger partial charge >= 0.3 is 0 Å². The largest absolute Gasteiger partial charge is 0.382 e. The molecular weight excluding hydrogens is 230 g/mol. The SMILES string of the molecule is Cc1ccc(NC2CCCC(C)CC2)cc1Cl. The summed E-state index contributed by atoms with van der Waals surface area (Å²) in [5.41, 5.74) is 2.31. The molecule has 1 saturated carbocycles. The Morgan fingerprint density at radius 1 is 1.18 bits per heavy atom. The second kappa shape index (κ2) is 5.77. The van der Waals surface area contributed by atoms with E-state index in [1.807, 2.05) is 13.0 Å². The van der Waals surface area contributed by atoms with Crippen LogP contribution < -0.4 is 5.32 Å². The molecule has 0 bridgehead atoms. The molecule has 94 valence electrons. The normalized spacial score (nSPS) is 25.4. The van der Waals surface area contributed by atoms with Gasteiger partial charge in [-0.3, -0.25) is 0 Å². The van der Waals surface area contributed by atoms with E-state index in [9.17, 15) is 0 Å². The second-order valence-corrected chi connectivity index (χ2v) is 5.83. The molecule has 1 aromatic carbocycles. The summed E-state index contributed by atoms with van der Waals surface area (Å²) in [6, 6.07) is 6.89. The maximum atomic E-state index is 6.15. The highest BCUT2D eigenvalue weighted by atomic mass is 35.5. The van der Waals surface area contributed by atoms with Gasteiger partial charge in [0.2, 0.25) is 0 Å². The minimum atomic E-state index is 0.624. The summed E-state index contributed by atoms with van der Waals surface area (Å²) in [6.07, 6.45) is 6.64. The van der Waals surface area contributed by atoms with E-state index >= 15 is 0 Å². The zero-order valence-electron chi connectivity index (χ0n) is 10.8. The highest BCUT2D eigenvalue weighted by molar-refractivity contribution is 6.31. The van der Waals surface area contributed by atoms with Crippen LogP contribution in [0, 0.1) is 12.8 Å². The Kier molecular flexibility index (Phi) is 4.33. The van der Waals surface area contributed by atoms with E-state index in [1.54, 1.807) is 0 Å². The summed E-state index contributed by atoms with van der Waals surface area (Å²) >= 11 is 6.15. The van der Waals surface area contributed by atoms with Crippen molar-refractivity contribution in [2.24, 2.45) is 5.92 Å². The summed E-state index contributed by atoms with van der Waals surface area (Å²) in [7, 11) is 0. The van der Waals surface area contributed by atoms with E-state index in [0.717, 1.165) is 16.5 Å². The number of hydrogen-bond acceptors (Lipinski definition) is 1. The first-order valence-electron chi connectivity index (χ1n) is 6.68. The fraction of sp³-hybridized carbons (Fsp3) is 0.600. The average molecular weight is 252 g/mol. The van der Waals surface area contributed by atoms with E-state index in [4.69, 9.17) is 11.6 Å². The van der Waals surface area contributed by atoms with Gasteiger partial charge in [0.25, 0.3) is 0 Å². The molecule has 2 heteroatoms. The topological polar surface area (TPSA) is 12.0 Å². The van der Waals surface area contributed by atoms with Crippen LogP contribution in [-0.4, -0.2) is 6.04 Å². The van der Waals surface area contributed by atoms with Crippen LogP contribution >= 0.6 is 11.6 Å². The van der Waals surface area contributed by atoms with Crippen LogP contribution in [0.5, 0.6) is 0 Å². The molecule has 2 atom stereocenters. The maximum Gasteiger partial charge on any atom is 0.0455 e. The Balaban J connectivity index is 1.97. The zero-order valence-corrected chi connectivity index (χ0v) is 11.6. The Morgan fingerprint density at radius 2 is 2.00 bits per heavy atom. The Morgan fingerprint density at radius 3 is 2.76 bits per heavy atom. The molecule has 1 nitrogen and oxygen atoms in total. The molecule has 0 aromatic heterocycles. The molecule has 1 aromatic rings. The highest BCUT2D eigenvalue weighted by Crippen LogP contribution is 2.26. The molecule has 1 aliphatic carbocycles. The lowest BCUT2D eigenvalue weighted by atomic mass is 10.0. The second-order valence-electron chi connectivity index (χ2n) is 5.42. The van der Waals surface area contributed by atoms with Crippen LogP contribution in [0.3, 0.4) is 0 Å². The minimum Gasteiger partial charge on any atom is -0.382 e. The molecule has 0 aliphatic heterocycles. The van der Waals surface area contributed by atoms with Gasteiger partial charge in [-0.05, 0) is 49.8 Å². The van der Waals surface area contributed by atoms with Crippen LogP contribution in [0.1, 0.15) is 44.6 Å². The van der Waals surface area contributed by atoms with Gasteiger partial charge in [-0.25, -0.2) is 0 Å². The number of nitrogens with one attached hydrogen (secondary N) is 1. The van der Waals surface area contributed by atoms with Crippen molar-refractivity contribution in [1.82, 2.24) is 0 Å². The number of hydrogen-bond donors (Lipinski definition) is 1. The van der Waals surface area contributed by atoms with E-state index in [1.165, 1.54) is 37.8 Å². The average Bonchev–Trinajstić information content (AvgIpc) is 2.49. The third kappa shape index (κ3) is 3.64. The quantitative estimate of drug-likeness (QED) is 0.727. The first kappa shape index (κ1) is 12.8. The highest BCUT2D eigenvalue weighted by Gasteiger charge is 2.15. The molecule has 1 fully saturated rings. The zero-order chi connectivity index (χ0) is 12.3. The van der Waals surface area contributed by atoms with Crippen LogP contribution in [-0.2, 0) is 0 Å². The molecular formula is C15H22ClN. The van der Waals surface area contributed by atoms with Crippen LogP contribution in [0.2, 0.25) is 5.02 Å². The smallest absolute Gasteiger partial charge is 0.0455 e. The monoisotopic (exact) mass is 251 g/mol. The molecule has 1 N–H and O–H groups in total. The van der Waals surface area contributed by atoms with Crippen molar-refractivity contribution in [2.45, 2.75) is 52.0 Å². The molecule has 0 radical (unpaired) electrons. The number of benzene rings is 1. The van der Waals surface area contributed by atoms with E-state index in [2.05, 4.69) is 24.4 Å². The van der Waals surface area contributed by atoms with Crippen molar-refractivity contribution >= 4 is 17.3 Å². The Bertz CT molecular complexity index is 375. The van der Waals surface area contributed by atoms with Gasteiger partial charge in [0, 0.05) is 16.8 Å². The molecule has 17 heavy (non-hydrogen) atoms. The number of halogens is 1.